The van der Waals surface area contributed by atoms with Crippen LogP contribution in [0.15, 0.2) is 66.7 Å². The van der Waals surface area contributed by atoms with E-state index in [1.807, 2.05) is 24.3 Å². The Morgan fingerprint density at radius 3 is 2.44 bits per heavy atom. The predicted molar refractivity (Wildman–Crippen MR) is 164 cm³/mol. The van der Waals surface area contributed by atoms with Gasteiger partial charge in [0.25, 0.3) is 0 Å². The Bertz CT molecular complexity index is 1770. The fraction of sp³-hybridized carbons (Fsp3) is 0.226. The molecule has 1 saturated heterocycles. The molecule has 12 heteroatoms. The lowest BCUT2D eigenvalue weighted by Crippen LogP contribution is -2.56. The average Bonchev–Trinajstić information content (AvgIpc) is 3.63. The number of H-pyrrole nitrogens is 1. The maximum absolute atomic E-state index is 14.3. The van der Waals surface area contributed by atoms with Gasteiger partial charge in [-0.25, -0.2) is 9.59 Å². The van der Waals surface area contributed by atoms with Gasteiger partial charge >= 0.3 is 12.0 Å². The second-order valence-corrected chi connectivity index (χ2v) is 11.4. The molecule has 0 spiro atoms. The van der Waals surface area contributed by atoms with Crippen molar-refractivity contribution in [1.29, 1.82) is 0 Å². The van der Waals surface area contributed by atoms with Crippen LogP contribution in [0.2, 0.25) is 10.0 Å². The molecule has 2 aliphatic rings. The van der Waals surface area contributed by atoms with Crippen molar-refractivity contribution in [3.63, 3.8) is 0 Å². The number of carboxylic acids is 1. The maximum atomic E-state index is 14.3. The van der Waals surface area contributed by atoms with E-state index in [9.17, 15) is 24.3 Å². The summed E-state index contributed by atoms with van der Waals surface area (Å²) in [4.78, 5) is 59.4. The van der Waals surface area contributed by atoms with Gasteiger partial charge in [-0.1, -0.05) is 53.5 Å². The first-order valence-electron chi connectivity index (χ1n) is 13.8. The average molecular weight is 620 g/mol. The zero-order chi connectivity index (χ0) is 30.2. The lowest BCUT2D eigenvalue weighted by Gasteiger charge is -2.38. The van der Waals surface area contributed by atoms with Crippen molar-refractivity contribution < 1.29 is 24.3 Å². The van der Waals surface area contributed by atoms with Gasteiger partial charge in [0.2, 0.25) is 11.8 Å². The third-order valence-electron chi connectivity index (χ3n) is 7.97. The minimum atomic E-state index is -1.17. The van der Waals surface area contributed by atoms with Crippen LogP contribution in [0.25, 0.3) is 10.9 Å². The van der Waals surface area contributed by atoms with Crippen LogP contribution in [-0.4, -0.2) is 62.3 Å². The Labute approximate surface area is 256 Å². The summed E-state index contributed by atoms with van der Waals surface area (Å²) in [7, 11) is 0. The third-order valence-corrected chi connectivity index (χ3v) is 8.71. The van der Waals surface area contributed by atoms with Crippen LogP contribution in [0.1, 0.15) is 34.5 Å². The van der Waals surface area contributed by atoms with E-state index in [1.165, 1.54) is 28.0 Å². The number of carbonyl (C=O) groups excluding carboxylic acids is 3. The van der Waals surface area contributed by atoms with Crippen molar-refractivity contribution in [1.82, 2.24) is 14.8 Å². The van der Waals surface area contributed by atoms with E-state index < -0.39 is 30.0 Å². The summed E-state index contributed by atoms with van der Waals surface area (Å²) in [6.07, 6.45) is 1.25. The molecule has 220 valence electrons. The van der Waals surface area contributed by atoms with Crippen molar-refractivity contribution in [2.45, 2.75) is 37.9 Å². The van der Waals surface area contributed by atoms with Crippen LogP contribution in [0, 0.1) is 0 Å². The molecule has 2 unspecified atom stereocenters. The molecule has 43 heavy (non-hydrogen) atoms. The minimum absolute atomic E-state index is 0.0454. The Morgan fingerprint density at radius 2 is 1.65 bits per heavy atom. The standard InChI is InChI=1S/C31H27Cl2N5O5/c32-21-12-11-17(14-22(21)33)34-31(43)38-16-25-20(18-6-1-3-8-23(18)35-25)15-27(38)29(40)37-13-5-10-26(37)28(39)36-24-9-4-2-7-19(24)30(41)42/h1-4,6-9,11-12,14,26-27,35H,5,10,13,15-16H2,(H,34,43)(H,36,39)(H,41,42). The number of amides is 4. The zero-order valence-corrected chi connectivity index (χ0v) is 24.3. The number of urea groups is 1. The van der Waals surface area contributed by atoms with Gasteiger partial charge < -0.3 is 30.5 Å². The van der Waals surface area contributed by atoms with E-state index in [1.54, 1.807) is 24.3 Å². The largest absolute Gasteiger partial charge is 0.478 e. The molecular weight excluding hydrogens is 593 g/mol. The number of carboxylic acid groups (broad SMARTS) is 1. The number of nitrogens with zero attached hydrogens (tertiary/aromatic N) is 2. The number of aromatic carboxylic acids is 1. The highest BCUT2D eigenvalue weighted by Crippen LogP contribution is 2.33. The van der Waals surface area contributed by atoms with Crippen molar-refractivity contribution in [2.24, 2.45) is 0 Å². The molecule has 1 fully saturated rings. The third kappa shape index (κ3) is 5.51. The Balaban J connectivity index is 1.30. The normalized spacial score (nSPS) is 17.9. The van der Waals surface area contributed by atoms with E-state index in [2.05, 4.69) is 15.6 Å². The Morgan fingerprint density at radius 1 is 0.884 bits per heavy atom. The molecule has 4 amide bonds. The van der Waals surface area contributed by atoms with E-state index >= 15 is 0 Å². The first-order chi connectivity index (χ1) is 20.7. The molecule has 0 radical (unpaired) electrons. The Kier molecular flexibility index (Phi) is 7.72. The number of aromatic amines is 1. The predicted octanol–water partition coefficient (Wildman–Crippen LogP) is 5.76. The maximum Gasteiger partial charge on any atom is 0.337 e. The number of hydrogen-bond donors (Lipinski definition) is 4. The first-order valence-corrected chi connectivity index (χ1v) is 14.5. The highest BCUT2D eigenvalue weighted by molar-refractivity contribution is 6.42. The summed E-state index contributed by atoms with van der Waals surface area (Å²) in [5.74, 6) is -2.00. The minimum Gasteiger partial charge on any atom is -0.478 e. The summed E-state index contributed by atoms with van der Waals surface area (Å²) in [6, 6.07) is 16.4. The number of para-hydroxylation sites is 2. The quantitative estimate of drug-likeness (QED) is 0.225. The molecule has 1 aromatic heterocycles. The molecule has 0 aliphatic carbocycles. The van der Waals surface area contributed by atoms with Gasteiger partial charge in [0, 0.05) is 35.2 Å². The second-order valence-electron chi connectivity index (χ2n) is 10.6. The number of likely N-dealkylation sites (tertiary alicyclic amines) is 1. The van der Waals surface area contributed by atoms with Crippen molar-refractivity contribution >= 4 is 69.3 Å². The molecule has 2 aliphatic heterocycles. The van der Waals surface area contributed by atoms with Crippen LogP contribution in [-0.2, 0) is 22.6 Å². The number of anilines is 2. The molecule has 2 atom stereocenters. The molecule has 3 aromatic carbocycles. The summed E-state index contributed by atoms with van der Waals surface area (Å²) in [6.45, 7) is 0.473. The molecule has 4 aromatic rings. The van der Waals surface area contributed by atoms with Gasteiger partial charge in [0.1, 0.15) is 12.1 Å². The van der Waals surface area contributed by atoms with E-state index in [4.69, 9.17) is 23.2 Å². The van der Waals surface area contributed by atoms with Crippen LogP contribution >= 0.6 is 23.2 Å². The van der Waals surface area contributed by atoms with Crippen LogP contribution < -0.4 is 10.6 Å². The number of carbonyl (C=O) groups is 4. The number of halogens is 2. The van der Waals surface area contributed by atoms with E-state index in [-0.39, 0.29) is 35.1 Å². The van der Waals surface area contributed by atoms with E-state index in [0.717, 1.165) is 22.2 Å². The van der Waals surface area contributed by atoms with Crippen molar-refractivity contribution in [2.75, 3.05) is 17.2 Å². The van der Waals surface area contributed by atoms with Gasteiger partial charge in [-0.2, -0.15) is 0 Å². The van der Waals surface area contributed by atoms with Crippen LogP contribution in [0.5, 0.6) is 0 Å². The summed E-state index contributed by atoms with van der Waals surface area (Å²) >= 11 is 12.2. The molecular formula is C31H27Cl2N5O5. The van der Waals surface area contributed by atoms with Gasteiger partial charge in [0.15, 0.2) is 0 Å². The second kappa shape index (κ2) is 11.6. The summed E-state index contributed by atoms with van der Waals surface area (Å²) in [5, 5.41) is 16.7. The fourth-order valence-electron chi connectivity index (χ4n) is 5.90. The number of benzene rings is 3. The smallest absolute Gasteiger partial charge is 0.337 e. The number of aromatic nitrogens is 1. The Hall–Kier alpha value is -4.54. The molecule has 0 bridgehead atoms. The number of hydrogen-bond acceptors (Lipinski definition) is 4. The first kappa shape index (κ1) is 28.6. The zero-order valence-electron chi connectivity index (χ0n) is 22.8. The number of rotatable bonds is 5. The molecule has 10 nitrogen and oxygen atoms in total. The van der Waals surface area contributed by atoms with Gasteiger partial charge in [-0.15, -0.1) is 0 Å². The topological polar surface area (TPSA) is 135 Å². The van der Waals surface area contributed by atoms with Crippen molar-refractivity contribution in [3.8, 4) is 0 Å². The summed E-state index contributed by atoms with van der Waals surface area (Å²) in [5.41, 5.74) is 3.21. The molecule has 4 N–H and O–H groups in total. The molecule has 0 saturated carbocycles. The van der Waals surface area contributed by atoms with Crippen LogP contribution in [0.3, 0.4) is 0 Å². The fourth-order valence-corrected chi connectivity index (χ4v) is 6.20. The highest BCUT2D eigenvalue weighted by Gasteiger charge is 2.43. The van der Waals surface area contributed by atoms with Crippen molar-refractivity contribution in [3.05, 3.63) is 93.6 Å². The monoisotopic (exact) mass is 619 g/mol. The van der Waals surface area contributed by atoms with Gasteiger partial charge in [-0.05, 0) is 54.8 Å². The van der Waals surface area contributed by atoms with Gasteiger partial charge in [0.05, 0.1) is 27.8 Å². The SMILES string of the molecule is O=C(O)c1ccccc1NC(=O)C1CCCN1C(=O)C1Cc2c([nH]c3ccccc23)CN1C(=O)Nc1ccc(Cl)c(Cl)c1. The lowest BCUT2D eigenvalue weighted by atomic mass is 9.95. The van der Waals surface area contributed by atoms with Gasteiger partial charge in [-0.3, -0.25) is 9.59 Å². The molecule has 3 heterocycles. The number of nitrogens with one attached hydrogen (secondary N) is 3. The van der Waals surface area contributed by atoms with Crippen LogP contribution in [0.4, 0.5) is 16.2 Å². The number of fused-ring (bicyclic) bond motifs is 3. The molecule has 6 rings (SSSR count). The summed E-state index contributed by atoms with van der Waals surface area (Å²) < 4.78 is 0. The highest BCUT2D eigenvalue weighted by atomic mass is 35.5. The van der Waals surface area contributed by atoms with E-state index in [0.29, 0.717) is 30.1 Å². The lowest BCUT2D eigenvalue weighted by molar-refractivity contribution is -0.140.